The van der Waals surface area contributed by atoms with E-state index in [1.165, 1.54) is 12.1 Å². The molecule has 1 rings (SSSR count). The molecule has 3 N–H and O–H groups in total. The zero-order valence-corrected chi connectivity index (χ0v) is 15.0. The van der Waals surface area contributed by atoms with Gasteiger partial charge in [-0.1, -0.05) is 39.3 Å². The highest BCUT2D eigenvalue weighted by Crippen LogP contribution is 2.21. The molecule has 1 atom stereocenters. The van der Waals surface area contributed by atoms with Crippen molar-refractivity contribution in [3.63, 3.8) is 0 Å². The van der Waals surface area contributed by atoms with Crippen molar-refractivity contribution in [2.45, 2.75) is 40.2 Å². The third-order valence-electron chi connectivity index (χ3n) is 3.31. The van der Waals surface area contributed by atoms with E-state index in [1.807, 2.05) is 13.8 Å². The number of carboxylic acid groups (broad SMARTS) is 1. The van der Waals surface area contributed by atoms with Gasteiger partial charge < -0.3 is 15.7 Å². The van der Waals surface area contributed by atoms with Crippen LogP contribution in [0.15, 0.2) is 18.2 Å². The summed E-state index contributed by atoms with van der Waals surface area (Å²) in [6, 6.07) is 3.52. The Morgan fingerprint density at radius 1 is 1.17 bits per heavy atom. The van der Waals surface area contributed by atoms with Crippen LogP contribution in [0.1, 0.15) is 44.5 Å². The van der Waals surface area contributed by atoms with Gasteiger partial charge in [0.15, 0.2) is 0 Å². The summed E-state index contributed by atoms with van der Waals surface area (Å²) in [7, 11) is 0. The molecule has 0 aliphatic rings. The maximum atomic E-state index is 12.4. The second-order valence-corrected chi connectivity index (χ2v) is 6.74. The molecule has 0 aliphatic carbocycles. The molecule has 0 radical (unpaired) electrons. The lowest BCUT2D eigenvalue weighted by molar-refractivity contribution is -0.139. The highest BCUT2D eigenvalue weighted by Gasteiger charge is 2.23. The van der Waals surface area contributed by atoms with Crippen LogP contribution < -0.4 is 10.6 Å². The van der Waals surface area contributed by atoms with Gasteiger partial charge >= 0.3 is 5.97 Å². The van der Waals surface area contributed by atoms with Crippen LogP contribution in [-0.2, 0) is 9.59 Å². The Balaban J connectivity index is 2.96. The number of carbonyl (C=O) groups excluding carboxylic acids is 2. The fraction of sp³-hybridized carbons (Fsp3) is 0.471. The van der Waals surface area contributed by atoms with Crippen LogP contribution in [0.2, 0.25) is 5.02 Å². The summed E-state index contributed by atoms with van der Waals surface area (Å²) in [4.78, 5) is 35.4. The molecule has 2 amide bonds. The molecule has 0 aromatic heterocycles. The lowest BCUT2D eigenvalue weighted by Gasteiger charge is -2.17. The van der Waals surface area contributed by atoms with Gasteiger partial charge in [0, 0.05) is 11.6 Å². The van der Waals surface area contributed by atoms with Gasteiger partial charge in [0.1, 0.15) is 6.04 Å². The number of hydrogen-bond donors (Lipinski definition) is 3. The van der Waals surface area contributed by atoms with Crippen molar-refractivity contribution in [3.8, 4) is 0 Å². The normalized spacial score (nSPS) is 12.1. The van der Waals surface area contributed by atoms with Crippen LogP contribution >= 0.6 is 11.6 Å². The maximum absolute atomic E-state index is 12.4. The lowest BCUT2D eigenvalue weighted by atomic mass is 10.0. The van der Waals surface area contributed by atoms with Crippen LogP contribution in [-0.4, -0.2) is 28.9 Å². The predicted octanol–water partition coefficient (Wildman–Crippen LogP) is 3.16. The van der Waals surface area contributed by atoms with Crippen LogP contribution in [0.3, 0.4) is 0 Å². The Morgan fingerprint density at radius 2 is 1.79 bits per heavy atom. The molecule has 132 valence electrons. The lowest BCUT2D eigenvalue weighted by Crippen LogP contribution is -2.41. The first kappa shape index (κ1) is 20.0. The zero-order valence-electron chi connectivity index (χ0n) is 14.2. The molecule has 7 heteroatoms. The monoisotopic (exact) mass is 354 g/mol. The first-order chi connectivity index (χ1) is 11.1. The van der Waals surface area contributed by atoms with Crippen LogP contribution in [0, 0.1) is 11.8 Å². The molecule has 1 aromatic carbocycles. The topological polar surface area (TPSA) is 95.5 Å². The molecule has 0 unspecified atom stereocenters. The summed E-state index contributed by atoms with van der Waals surface area (Å²) in [6.45, 7) is 7.25. The molecule has 0 heterocycles. The first-order valence-corrected chi connectivity index (χ1v) is 8.13. The van der Waals surface area contributed by atoms with Gasteiger partial charge in [0.05, 0.1) is 10.6 Å². The number of carbonyl (C=O) groups is 3. The smallest absolute Gasteiger partial charge is 0.326 e. The number of amides is 2. The standard InChI is InChI=1S/C17H23ClN2O4/c1-9(2)7-14(17(23)24)20-16(22)12-8-11(5-6-13(12)18)19-15(21)10(3)4/h5-6,8-10,14H,7H2,1-4H3,(H,19,21)(H,20,22)(H,23,24)/t14-/m1/s1. The van der Waals surface area contributed by atoms with Crippen molar-refractivity contribution in [3.05, 3.63) is 28.8 Å². The molecule has 0 saturated carbocycles. The summed E-state index contributed by atoms with van der Waals surface area (Å²) in [5.74, 6) is -1.98. The van der Waals surface area contributed by atoms with E-state index in [1.54, 1.807) is 19.9 Å². The van der Waals surface area contributed by atoms with Gasteiger partial charge in [-0.15, -0.1) is 0 Å². The fourth-order valence-electron chi connectivity index (χ4n) is 1.99. The van der Waals surface area contributed by atoms with E-state index >= 15 is 0 Å². The summed E-state index contributed by atoms with van der Waals surface area (Å²) in [5.41, 5.74) is 0.548. The highest BCUT2D eigenvalue weighted by atomic mass is 35.5. The molecule has 0 bridgehead atoms. The van der Waals surface area contributed by atoms with E-state index < -0.39 is 17.9 Å². The van der Waals surface area contributed by atoms with E-state index in [0.29, 0.717) is 12.1 Å². The van der Waals surface area contributed by atoms with E-state index in [2.05, 4.69) is 10.6 Å². The minimum absolute atomic E-state index is 0.110. The molecule has 1 aromatic rings. The molecular weight excluding hydrogens is 332 g/mol. The van der Waals surface area contributed by atoms with E-state index in [-0.39, 0.29) is 28.3 Å². The molecule has 0 fully saturated rings. The quantitative estimate of drug-likeness (QED) is 0.700. The molecule has 0 aliphatic heterocycles. The number of rotatable bonds is 7. The van der Waals surface area contributed by atoms with Gasteiger partial charge in [0.2, 0.25) is 5.91 Å². The zero-order chi connectivity index (χ0) is 18.4. The highest BCUT2D eigenvalue weighted by molar-refractivity contribution is 6.34. The number of carboxylic acids is 1. The Morgan fingerprint density at radius 3 is 2.29 bits per heavy atom. The Labute approximate surface area is 146 Å². The fourth-order valence-corrected chi connectivity index (χ4v) is 2.20. The van der Waals surface area contributed by atoms with Gasteiger partial charge in [-0.3, -0.25) is 9.59 Å². The number of halogens is 1. The van der Waals surface area contributed by atoms with E-state index in [9.17, 15) is 19.5 Å². The van der Waals surface area contributed by atoms with Crippen molar-refractivity contribution in [1.82, 2.24) is 5.32 Å². The SMILES string of the molecule is CC(C)C[C@@H](NC(=O)c1cc(NC(=O)C(C)C)ccc1Cl)C(=O)O. The summed E-state index contributed by atoms with van der Waals surface area (Å²) >= 11 is 6.04. The number of aliphatic carboxylic acids is 1. The van der Waals surface area contributed by atoms with Crippen molar-refractivity contribution < 1.29 is 19.5 Å². The van der Waals surface area contributed by atoms with Crippen molar-refractivity contribution in [1.29, 1.82) is 0 Å². The first-order valence-electron chi connectivity index (χ1n) is 7.75. The summed E-state index contributed by atoms with van der Waals surface area (Å²) in [6.07, 6.45) is 0.308. The number of benzene rings is 1. The average molecular weight is 355 g/mol. The summed E-state index contributed by atoms with van der Waals surface area (Å²) < 4.78 is 0. The van der Waals surface area contributed by atoms with Crippen LogP contribution in [0.5, 0.6) is 0 Å². The molecular formula is C17H23ClN2O4. The predicted molar refractivity (Wildman–Crippen MR) is 93.3 cm³/mol. The third-order valence-corrected chi connectivity index (χ3v) is 3.64. The largest absolute Gasteiger partial charge is 0.480 e. The second-order valence-electron chi connectivity index (χ2n) is 6.33. The van der Waals surface area contributed by atoms with Gasteiger partial charge in [-0.05, 0) is 30.5 Å². The van der Waals surface area contributed by atoms with Gasteiger partial charge in [-0.25, -0.2) is 4.79 Å². The summed E-state index contributed by atoms with van der Waals surface area (Å²) in [5, 5.41) is 14.6. The maximum Gasteiger partial charge on any atom is 0.326 e. The van der Waals surface area contributed by atoms with E-state index in [0.717, 1.165) is 0 Å². The minimum Gasteiger partial charge on any atom is -0.480 e. The molecule has 0 saturated heterocycles. The number of anilines is 1. The van der Waals surface area contributed by atoms with E-state index in [4.69, 9.17) is 11.6 Å². The van der Waals surface area contributed by atoms with Gasteiger partial charge in [0.25, 0.3) is 5.91 Å². The third kappa shape index (κ3) is 5.85. The Bertz CT molecular complexity index is 629. The molecule has 24 heavy (non-hydrogen) atoms. The van der Waals surface area contributed by atoms with Crippen molar-refractivity contribution in [2.24, 2.45) is 11.8 Å². The number of hydrogen-bond acceptors (Lipinski definition) is 3. The number of nitrogens with one attached hydrogen (secondary N) is 2. The van der Waals surface area contributed by atoms with Crippen LogP contribution in [0.4, 0.5) is 5.69 Å². The Hall–Kier alpha value is -2.08. The molecule has 6 nitrogen and oxygen atoms in total. The van der Waals surface area contributed by atoms with Crippen molar-refractivity contribution >= 4 is 35.1 Å². The average Bonchev–Trinajstić information content (AvgIpc) is 2.47. The van der Waals surface area contributed by atoms with Crippen molar-refractivity contribution in [2.75, 3.05) is 5.32 Å². The molecule has 0 spiro atoms. The van der Waals surface area contributed by atoms with Crippen LogP contribution in [0.25, 0.3) is 0 Å². The Kier molecular flexibility index (Phi) is 7.22. The minimum atomic E-state index is -1.10. The second kappa shape index (κ2) is 8.68. The van der Waals surface area contributed by atoms with Gasteiger partial charge in [-0.2, -0.15) is 0 Å².